The summed E-state index contributed by atoms with van der Waals surface area (Å²) in [7, 11) is 1.46. The quantitative estimate of drug-likeness (QED) is 0.123. The van der Waals surface area contributed by atoms with Crippen molar-refractivity contribution in [3.8, 4) is 11.5 Å². The van der Waals surface area contributed by atoms with Crippen LogP contribution < -0.4 is 9.47 Å². The summed E-state index contributed by atoms with van der Waals surface area (Å²) in [6.07, 6.45) is 5.87. The molecule has 34 heavy (non-hydrogen) atoms. The normalized spacial score (nSPS) is 24.7. The van der Waals surface area contributed by atoms with Gasteiger partial charge in [0.05, 0.1) is 35.6 Å². The van der Waals surface area contributed by atoms with E-state index in [1.54, 1.807) is 12.1 Å². The van der Waals surface area contributed by atoms with Gasteiger partial charge >= 0.3 is 5.97 Å². The average molecular weight is 461 g/mol. The molecule has 2 aliphatic carbocycles. The van der Waals surface area contributed by atoms with Gasteiger partial charge in [-0.1, -0.05) is 18.2 Å². The third-order valence-corrected chi connectivity index (χ3v) is 6.47. The molecule has 10 nitrogen and oxygen atoms in total. The molecule has 1 saturated carbocycles. The van der Waals surface area contributed by atoms with E-state index in [1.807, 2.05) is 12.2 Å². The van der Waals surface area contributed by atoms with Crippen molar-refractivity contribution >= 4 is 29.7 Å². The molecule has 1 heterocycles. The number of carbonyl (C=O) groups excluding carboxylic acids is 3. The van der Waals surface area contributed by atoms with Crippen LogP contribution in [0.2, 0.25) is 0 Å². The lowest BCUT2D eigenvalue weighted by Gasteiger charge is -2.13. The first-order chi connectivity index (χ1) is 16.4. The molecule has 172 valence electrons. The van der Waals surface area contributed by atoms with Crippen LogP contribution in [0.25, 0.3) is 0 Å². The maximum absolute atomic E-state index is 12.8. The van der Waals surface area contributed by atoms with Gasteiger partial charge in [-0.3, -0.25) is 19.7 Å². The van der Waals surface area contributed by atoms with Gasteiger partial charge in [0.2, 0.25) is 0 Å². The largest absolute Gasteiger partial charge is 0.497 e. The van der Waals surface area contributed by atoms with Gasteiger partial charge in [0.1, 0.15) is 11.5 Å². The zero-order valence-electron chi connectivity index (χ0n) is 18.0. The summed E-state index contributed by atoms with van der Waals surface area (Å²) in [6, 6.07) is 9.93. The molecule has 0 radical (unpaired) electrons. The number of nitrogens with zero attached hydrogens (tertiary/aromatic N) is 3. The van der Waals surface area contributed by atoms with E-state index in [2.05, 4.69) is 5.10 Å². The van der Waals surface area contributed by atoms with Crippen molar-refractivity contribution in [2.45, 2.75) is 6.42 Å². The molecule has 2 aromatic carbocycles. The minimum absolute atomic E-state index is 0.0109. The zero-order chi connectivity index (χ0) is 24.0. The number of methoxy groups -OCH3 is 1. The Morgan fingerprint density at radius 2 is 1.82 bits per heavy atom. The Bertz CT molecular complexity index is 1260. The van der Waals surface area contributed by atoms with Crippen molar-refractivity contribution in [2.75, 3.05) is 7.11 Å². The van der Waals surface area contributed by atoms with Crippen LogP contribution in [0.15, 0.2) is 59.7 Å². The molecule has 1 saturated heterocycles. The topological polar surface area (TPSA) is 128 Å². The van der Waals surface area contributed by atoms with Gasteiger partial charge in [-0.2, -0.15) is 10.1 Å². The lowest BCUT2D eigenvalue weighted by atomic mass is 9.85. The van der Waals surface area contributed by atoms with E-state index in [0.29, 0.717) is 5.75 Å². The maximum atomic E-state index is 12.8. The molecule has 2 aromatic rings. The van der Waals surface area contributed by atoms with Gasteiger partial charge in [0.25, 0.3) is 17.5 Å². The van der Waals surface area contributed by atoms with Crippen LogP contribution in [0.3, 0.4) is 0 Å². The van der Waals surface area contributed by atoms with Crippen molar-refractivity contribution < 1.29 is 28.8 Å². The predicted octanol–water partition coefficient (Wildman–Crippen LogP) is 2.96. The summed E-state index contributed by atoms with van der Waals surface area (Å²) in [5.41, 5.74) is 0.0197. The van der Waals surface area contributed by atoms with Crippen molar-refractivity contribution in [2.24, 2.45) is 28.8 Å². The fraction of sp³-hybridized carbons (Fsp3) is 0.250. The number of non-ortho nitro benzene ring substituents is 1. The van der Waals surface area contributed by atoms with E-state index >= 15 is 0 Å². The summed E-state index contributed by atoms with van der Waals surface area (Å²) in [5, 5.41) is 16.1. The summed E-state index contributed by atoms with van der Waals surface area (Å²) >= 11 is 0. The minimum atomic E-state index is -0.715. The van der Waals surface area contributed by atoms with Crippen LogP contribution in [-0.4, -0.2) is 41.0 Å². The number of hydrogen-bond acceptors (Lipinski definition) is 8. The highest BCUT2D eigenvalue weighted by Gasteiger charge is 2.59. The van der Waals surface area contributed by atoms with Crippen LogP contribution in [-0.2, 0) is 9.59 Å². The van der Waals surface area contributed by atoms with Gasteiger partial charge in [-0.15, -0.1) is 0 Å². The number of ether oxygens (including phenoxy) is 2. The Kier molecular flexibility index (Phi) is 5.20. The van der Waals surface area contributed by atoms with E-state index in [0.717, 1.165) is 23.7 Å². The zero-order valence-corrected chi connectivity index (χ0v) is 18.0. The molecule has 4 atom stereocenters. The van der Waals surface area contributed by atoms with Crippen LogP contribution in [0, 0.1) is 33.8 Å². The predicted molar refractivity (Wildman–Crippen MR) is 118 cm³/mol. The summed E-state index contributed by atoms with van der Waals surface area (Å²) in [5.74, 6) is -1.82. The molecular weight excluding hydrogens is 442 g/mol. The minimum Gasteiger partial charge on any atom is -0.497 e. The van der Waals surface area contributed by atoms with E-state index in [9.17, 15) is 24.5 Å². The highest BCUT2D eigenvalue weighted by Crippen LogP contribution is 2.52. The SMILES string of the molecule is COc1cccc(C(=O)Oc2ccc([N+](=O)[O-])cc2C=NN2C(=O)[C@@H]3[C@H](C2=O)[C@H]2C=C[C@H]3C2)c1. The molecule has 0 N–H and O–H groups in total. The third kappa shape index (κ3) is 3.53. The number of amides is 2. The molecule has 5 rings (SSSR count). The standard InChI is InChI=1S/C24H19N3O7/c1-33-18-4-2-3-15(11-18)24(30)34-19-8-7-17(27(31)32)10-16(19)12-25-26-22(28)20-13-5-6-14(9-13)21(20)23(26)29/h2-8,10-14,20-21H,9H2,1H3/t13-,14-,20-,21+/m0/s1. The second-order valence-electron chi connectivity index (χ2n) is 8.33. The molecule has 0 aromatic heterocycles. The Labute approximate surface area is 193 Å². The Morgan fingerprint density at radius 3 is 2.47 bits per heavy atom. The Balaban J connectivity index is 1.42. The van der Waals surface area contributed by atoms with Gasteiger partial charge in [0.15, 0.2) is 0 Å². The second kappa shape index (κ2) is 8.22. The first kappa shape index (κ1) is 21.5. The Hall–Kier alpha value is -4.34. The van der Waals surface area contributed by atoms with E-state index < -0.39 is 22.7 Å². The van der Waals surface area contributed by atoms with E-state index in [-0.39, 0.29) is 46.2 Å². The average Bonchev–Trinajstić information content (AvgIpc) is 3.52. The first-order valence-electron chi connectivity index (χ1n) is 10.6. The van der Waals surface area contributed by atoms with E-state index in [4.69, 9.17) is 9.47 Å². The number of nitro benzene ring substituents is 1. The van der Waals surface area contributed by atoms with Gasteiger partial charge in [-0.25, -0.2) is 4.79 Å². The molecular formula is C24H19N3O7. The highest BCUT2D eigenvalue weighted by molar-refractivity contribution is 6.07. The maximum Gasteiger partial charge on any atom is 0.343 e. The molecule has 3 aliphatic rings. The number of hydrogen-bond donors (Lipinski definition) is 0. The number of imide groups is 1. The van der Waals surface area contributed by atoms with Gasteiger partial charge in [-0.05, 0) is 42.5 Å². The molecule has 1 aliphatic heterocycles. The fourth-order valence-electron chi connectivity index (χ4n) is 4.87. The monoisotopic (exact) mass is 461 g/mol. The number of nitro groups is 1. The molecule has 10 heteroatoms. The van der Waals surface area contributed by atoms with Crippen LogP contribution in [0.1, 0.15) is 22.3 Å². The molecule has 2 amide bonds. The van der Waals surface area contributed by atoms with Crippen LogP contribution in [0.5, 0.6) is 11.5 Å². The number of fused-ring (bicyclic) bond motifs is 5. The molecule has 0 spiro atoms. The molecule has 0 unspecified atom stereocenters. The third-order valence-electron chi connectivity index (χ3n) is 6.47. The van der Waals surface area contributed by atoms with E-state index in [1.165, 1.54) is 31.4 Å². The number of hydrazone groups is 1. The van der Waals surface area contributed by atoms with Crippen LogP contribution >= 0.6 is 0 Å². The lowest BCUT2D eigenvalue weighted by Crippen LogP contribution is -2.28. The van der Waals surface area contributed by atoms with Gasteiger partial charge in [0, 0.05) is 17.7 Å². The summed E-state index contributed by atoms with van der Waals surface area (Å²) in [4.78, 5) is 49.0. The van der Waals surface area contributed by atoms with Crippen molar-refractivity contribution in [3.63, 3.8) is 0 Å². The number of carbonyl (C=O) groups is 3. The summed E-state index contributed by atoms with van der Waals surface area (Å²) < 4.78 is 10.6. The second-order valence-corrected chi connectivity index (χ2v) is 8.33. The van der Waals surface area contributed by atoms with Gasteiger partial charge < -0.3 is 9.47 Å². The molecule has 2 fully saturated rings. The first-order valence-corrected chi connectivity index (χ1v) is 10.6. The smallest absolute Gasteiger partial charge is 0.343 e. The number of esters is 1. The van der Waals surface area contributed by atoms with Crippen molar-refractivity contribution in [1.82, 2.24) is 5.01 Å². The molecule has 2 bridgehead atoms. The van der Waals surface area contributed by atoms with Crippen LogP contribution in [0.4, 0.5) is 5.69 Å². The number of benzene rings is 2. The lowest BCUT2D eigenvalue weighted by molar-refractivity contribution is -0.384. The summed E-state index contributed by atoms with van der Waals surface area (Å²) in [6.45, 7) is 0. The fourth-order valence-corrected chi connectivity index (χ4v) is 4.87. The van der Waals surface area contributed by atoms with Crippen molar-refractivity contribution in [3.05, 3.63) is 75.9 Å². The highest BCUT2D eigenvalue weighted by atomic mass is 16.6. The Morgan fingerprint density at radius 1 is 1.12 bits per heavy atom. The number of allylic oxidation sites excluding steroid dienone is 2. The number of rotatable bonds is 6. The van der Waals surface area contributed by atoms with Crippen molar-refractivity contribution in [1.29, 1.82) is 0 Å².